The van der Waals surface area contributed by atoms with E-state index in [4.69, 9.17) is 16.9 Å². The van der Waals surface area contributed by atoms with Gasteiger partial charge in [0.25, 0.3) is 5.56 Å². The van der Waals surface area contributed by atoms with Crippen LogP contribution in [0.2, 0.25) is 0 Å². The maximum Gasteiger partial charge on any atom is 0.259 e. The van der Waals surface area contributed by atoms with Crippen LogP contribution in [0.1, 0.15) is 11.4 Å². The van der Waals surface area contributed by atoms with Crippen LogP contribution in [0.15, 0.2) is 28.8 Å². The Kier molecular flexibility index (Phi) is 3.54. The second kappa shape index (κ2) is 5.12. The van der Waals surface area contributed by atoms with E-state index in [2.05, 4.69) is 9.97 Å². The van der Waals surface area contributed by atoms with Crippen molar-refractivity contribution < 1.29 is 5.11 Å². The van der Waals surface area contributed by atoms with Gasteiger partial charge in [0.05, 0.1) is 16.8 Å². The average molecular weight is 276 g/mol. The number of aromatic nitrogens is 2. The maximum absolute atomic E-state index is 11.9. The van der Waals surface area contributed by atoms with Crippen LogP contribution < -0.4 is 5.56 Å². The van der Waals surface area contributed by atoms with Crippen molar-refractivity contribution in [1.82, 2.24) is 9.97 Å². The van der Waals surface area contributed by atoms with Crippen LogP contribution in [0.25, 0.3) is 16.5 Å². The second-order valence-electron chi connectivity index (χ2n) is 4.00. The van der Waals surface area contributed by atoms with Gasteiger partial charge in [0, 0.05) is 0 Å². The number of alkyl halides is 1. The molecule has 0 aliphatic heterocycles. The number of benzene rings is 1. The average Bonchev–Trinajstić information content (AvgIpc) is 2.38. The van der Waals surface area contributed by atoms with Gasteiger partial charge in [-0.3, -0.25) is 4.79 Å². The molecule has 0 aliphatic rings. The van der Waals surface area contributed by atoms with Gasteiger partial charge in [-0.2, -0.15) is 5.26 Å². The van der Waals surface area contributed by atoms with Crippen LogP contribution in [0.3, 0.4) is 0 Å². The number of aliphatic hydroxyl groups excluding tert-OH is 1. The first kappa shape index (κ1) is 13.1. The number of nitrogens with one attached hydrogen (secondary N) is 1. The fourth-order valence-corrected chi connectivity index (χ4v) is 1.82. The van der Waals surface area contributed by atoms with Gasteiger partial charge < -0.3 is 10.1 Å². The molecule has 1 aromatic carbocycles. The zero-order valence-electron chi connectivity index (χ0n) is 10.1. The molecule has 2 rings (SSSR count). The molecule has 2 N–H and O–H groups in total. The Morgan fingerprint density at radius 3 is 2.95 bits per heavy atom. The number of hydrogen-bond donors (Lipinski definition) is 2. The van der Waals surface area contributed by atoms with Crippen molar-refractivity contribution in [3.8, 4) is 6.07 Å². The van der Waals surface area contributed by atoms with Crippen LogP contribution in [0, 0.1) is 18.3 Å². The van der Waals surface area contributed by atoms with Gasteiger partial charge in [0.2, 0.25) is 0 Å². The molecule has 0 saturated carbocycles. The van der Waals surface area contributed by atoms with Crippen molar-refractivity contribution in [2.75, 3.05) is 5.88 Å². The highest BCUT2D eigenvalue weighted by Gasteiger charge is 2.12. The number of aromatic amines is 1. The normalized spacial score (nSPS) is 12.1. The van der Waals surface area contributed by atoms with E-state index in [1.807, 2.05) is 6.92 Å². The summed E-state index contributed by atoms with van der Waals surface area (Å²) >= 11 is 5.48. The maximum atomic E-state index is 11.9. The fourth-order valence-electron chi connectivity index (χ4n) is 1.69. The summed E-state index contributed by atoms with van der Waals surface area (Å²) in [6.45, 7) is 1.87. The van der Waals surface area contributed by atoms with Gasteiger partial charge in [-0.15, -0.1) is 11.6 Å². The molecule has 0 unspecified atom stereocenters. The highest BCUT2D eigenvalue weighted by Crippen LogP contribution is 2.16. The molecule has 19 heavy (non-hydrogen) atoms. The molecule has 1 heterocycles. The first-order valence-corrected chi connectivity index (χ1v) is 5.99. The first-order chi connectivity index (χ1) is 9.06. The molecule has 6 heteroatoms. The number of aryl methyl sites for hydroxylation is 1. The SMILES string of the molecule is Cc1ccc2c(=O)[nH]c(C(C#N)=C(O)CCl)nc2c1. The third-order valence-corrected chi connectivity index (χ3v) is 2.88. The van der Waals surface area contributed by atoms with Gasteiger partial charge in [-0.05, 0) is 24.6 Å². The van der Waals surface area contributed by atoms with E-state index in [1.54, 1.807) is 24.3 Å². The van der Waals surface area contributed by atoms with Crippen molar-refractivity contribution in [1.29, 1.82) is 5.26 Å². The van der Waals surface area contributed by atoms with Crippen molar-refractivity contribution in [3.63, 3.8) is 0 Å². The van der Waals surface area contributed by atoms with Gasteiger partial charge in [0.15, 0.2) is 5.82 Å². The van der Waals surface area contributed by atoms with Crippen molar-refractivity contribution in [2.24, 2.45) is 0 Å². The monoisotopic (exact) mass is 275 g/mol. The Labute approximate surface area is 113 Å². The van der Waals surface area contributed by atoms with Crippen molar-refractivity contribution >= 4 is 28.1 Å². The molecule has 0 radical (unpaired) electrons. The number of rotatable bonds is 2. The molecule has 0 aliphatic carbocycles. The van der Waals surface area contributed by atoms with Gasteiger partial charge in [-0.25, -0.2) is 4.98 Å². The van der Waals surface area contributed by atoms with Crippen molar-refractivity contribution in [2.45, 2.75) is 6.92 Å². The first-order valence-electron chi connectivity index (χ1n) is 5.46. The van der Waals surface area contributed by atoms with Gasteiger partial charge >= 0.3 is 0 Å². The number of H-pyrrole nitrogens is 1. The lowest BCUT2D eigenvalue weighted by molar-refractivity contribution is 0.419. The summed E-state index contributed by atoms with van der Waals surface area (Å²) < 4.78 is 0. The molecule has 2 aromatic rings. The predicted molar refractivity (Wildman–Crippen MR) is 73.0 cm³/mol. The lowest BCUT2D eigenvalue weighted by Crippen LogP contribution is -2.12. The fraction of sp³-hybridized carbons (Fsp3) is 0.154. The number of halogens is 1. The number of fused-ring (bicyclic) bond motifs is 1. The van der Waals surface area contributed by atoms with E-state index in [1.165, 1.54) is 0 Å². The summed E-state index contributed by atoms with van der Waals surface area (Å²) in [5.41, 5.74) is 0.917. The second-order valence-corrected chi connectivity index (χ2v) is 4.27. The molecule has 0 amide bonds. The van der Waals surface area contributed by atoms with Gasteiger partial charge in [-0.1, -0.05) is 6.07 Å². The third-order valence-electron chi connectivity index (χ3n) is 2.63. The Morgan fingerprint density at radius 1 is 1.58 bits per heavy atom. The zero-order chi connectivity index (χ0) is 14.0. The number of aliphatic hydroxyl groups is 1. The quantitative estimate of drug-likeness (QED) is 0.500. The van der Waals surface area contributed by atoms with E-state index >= 15 is 0 Å². The summed E-state index contributed by atoms with van der Waals surface area (Å²) in [7, 11) is 0. The summed E-state index contributed by atoms with van der Waals surface area (Å²) in [5.74, 6) is -0.526. The molecular weight excluding hydrogens is 266 g/mol. The summed E-state index contributed by atoms with van der Waals surface area (Å²) in [6, 6.07) is 6.99. The molecule has 96 valence electrons. The lowest BCUT2D eigenvalue weighted by Gasteiger charge is -2.04. The van der Waals surface area contributed by atoms with Crippen LogP contribution >= 0.6 is 11.6 Å². The van der Waals surface area contributed by atoms with E-state index in [9.17, 15) is 9.90 Å². The van der Waals surface area contributed by atoms with E-state index in [0.29, 0.717) is 10.9 Å². The number of hydrogen-bond acceptors (Lipinski definition) is 4. The molecule has 0 fully saturated rings. The molecule has 0 atom stereocenters. The van der Waals surface area contributed by atoms with Crippen LogP contribution in [-0.2, 0) is 0 Å². The predicted octanol–water partition coefficient (Wildman–Crippen LogP) is 2.26. The van der Waals surface area contributed by atoms with E-state index < -0.39 is 0 Å². The molecule has 0 saturated heterocycles. The minimum atomic E-state index is -0.366. The third kappa shape index (κ3) is 2.44. The van der Waals surface area contributed by atoms with Crippen LogP contribution in [0.4, 0.5) is 0 Å². The number of nitrogens with zero attached hydrogens (tertiary/aromatic N) is 2. The minimum Gasteiger partial charge on any atom is -0.510 e. The standard InChI is InChI=1S/C13H10ClN3O2/c1-7-2-3-8-10(4-7)16-12(17-13(8)19)9(6-15)11(18)5-14/h2-4,18H,5H2,1H3,(H,16,17,19). The van der Waals surface area contributed by atoms with Gasteiger partial charge in [0.1, 0.15) is 17.4 Å². The molecule has 0 spiro atoms. The highest BCUT2D eigenvalue weighted by atomic mass is 35.5. The zero-order valence-corrected chi connectivity index (χ0v) is 10.8. The molecule has 5 nitrogen and oxygen atoms in total. The smallest absolute Gasteiger partial charge is 0.259 e. The Morgan fingerprint density at radius 2 is 2.32 bits per heavy atom. The molecule has 1 aromatic heterocycles. The Balaban J connectivity index is 2.77. The minimum absolute atomic E-state index is 0.0174. The van der Waals surface area contributed by atoms with Crippen LogP contribution in [-0.4, -0.2) is 21.0 Å². The summed E-state index contributed by atoms with van der Waals surface area (Å²) in [4.78, 5) is 18.6. The number of allylic oxidation sites excluding steroid dienone is 2. The molecular formula is C13H10ClN3O2. The Bertz CT molecular complexity index is 772. The van der Waals surface area contributed by atoms with E-state index in [0.717, 1.165) is 5.56 Å². The lowest BCUT2D eigenvalue weighted by atomic mass is 10.1. The number of nitriles is 1. The highest BCUT2D eigenvalue weighted by molar-refractivity contribution is 6.19. The summed E-state index contributed by atoms with van der Waals surface area (Å²) in [5, 5.41) is 19.0. The van der Waals surface area contributed by atoms with Crippen molar-refractivity contribution in [3.05, 3.63) is 45.7 Å². The Hall–Kier alpha value is -2.32. The van der Waals surface area contributed by atoms with Crippen LogP contribution in [0.5, 0.6) is 0 Å². The summed E-state index contributed by atoms with van der Waals surface area (Å²) in [6.07, 6.45) is 0. The topological polar surface area (TPSA) is 89.8 Å². The molecule has 0 bridgehead atoms. The largest absolute Gasteiger partial charge is 0.510 e. The van der Waals surface area contributed by atoms with E-state index in [-0.39, 0.29) is 28.6 Å².